The van der Waals surface area contributed by atoms with Crippen LogP contribution >= 0.6 is 0 Å². The number of ether oxygens (including phenoxy) is 3. The second-order valence-electron chi connectivity index (χ2n) is 6.35. The highest BCUT2D eigenvalue weighted by Crippen LogP contribution is 2.12. The number of rotatable bonds is 8. The van der Waals surface area contributed by atoms with Crippen LogP contribution in [-0.2, 0) is 33.3 Å². The molecule has 3 atom stereocenters. The van der Waals surface area contributed by atoms with Crippen LogP contribution in [-0.4, -0.2) is 62.5 Å². The number of nitrogens with one attached hydrogen (secondary N) is 1. The van der Waals surface area contributed by atoms with Crippen LogP contribution < -0.4 is 5.32 Å². The van der Waals surface area contributed by atoms with Crippen molar-refractivity contribution in [2.24, 2.45) is 0 Å². The van der Waals surface area contributed by atoms with Gasteiger partial charge < -0.3 is 24.6 Å². The fourth-order valence-corrected chi connectivity index (χ4v) is 2.42. The first-order valence-electron chi connectivity index (χ1n) is 7.58. The van der Waals surface area contributed by atoms with Crippen LogP contribution in [0.1, 0.15) is 20.8 Å². The molecule has 0 saturated heterocycles. The molecule has 0 aromatic rings. The molecule has 0 saturated carbocycles. The summed E-state index contributed by atoms with van der Waals surface area (Å²) in [6.45, 7) is 4.30. The van der Waals surface area contributed by atoms with Gasteiger partial charge in [0.15, 0.2) is 6.04 Å². The highest BCUT2D eigenvalue weighted by Gasteiger charge is 2.35. The minimum absolute atomic E-state index is 0.483. The summed E-state index contributed by atoms with van der Waals surface area (Å²) in [5.74, 6) is -1.52. The van der Waals surface area contributed by atoms with E-state index in [1.54, 1.807) is 32.9 Å². The van der Waals surface area contributed by atoms with Crippen molar-refractivity contribution in [2.45, 2.75) is 44.8 Å². The van der Waals surface area contributed by atoms with Crippen molar-refractivity contribution >= 4 is 22.2 Å². The van der Waals surface area contributed by atoms with Gasteiger partial charge in [0.25, 0.3) is 10.1 Å². The summed E-state index contributed by atoms with van der Waals surface area (Å²) in [5, 5.41) is 11.4. The highest BCUT2D eigenvalue weighted by atomic mass is 32.2. The van der Waals surface area contributed by atoms with Gasteiger partial charge in [-0.25, -0.2) is 9.59 Å². The Morgan fingerprint density at radius 1 is 1.31 bits per heavy atom. The molecular weight excluding hydrogens is 370 g/mol. The maximum Gasteiger partial charge on any atom is 0.408 e. The van der Waals surface area contributed by atoms with Crippen molar-refractivity contribution < 1.29 is 41.5 Å². The highest BCUT2D eigenvalue weighted by molar-refractivity contribution is 7.86. The van der Waals surface area contributed by atoms with Gasteiger partial charge in [0.2, 0.25) is 6.29 Å². The van der Waals surface area contributed by atoms with Gasteiger partial charge in [0.05, 0.1) is 19.1 Å². The zero-order valence-electron chi connectivity index (χ0n) is 14.9. The van der Waals surface area contributed by atoms with Crippen molar-refractivity contribution in [1.82, 2.24) is 5.32 Å². The maximum absolute atomic E-state index is 11.9. The molecule has 0 radical (unpaired) electrons. The predicted molar refractivity (Wildman–Crippen MR) is 89.6 cm³/mol. The molecule has 10 nitrogen and oxygen atoms in total. The smallest absolute Gasteiger partial charge is 0.408 e. The molecule has 0 aromatic carbocycles. The van der Waals surface area contributed by atoms with E-state index in [-0.39, 0.29) is 0 Å². The van der Waals surface area contributed by atoms with Crippen molar-refractivity contribution in [2.75, 3.05) is 12.9 Å². The van der Waals surface area contributed by atoms with E-state index in [2.05, 4.69) is 5.32 Å². The van der Waals surface area contributed by atoms with Gasteiger partial charge in [-0.05, 0) is 32.9 Å². The molecule has 1 rings (SSSR count). The molecule has 0 aliphatic carbocycles. The number of carboxylic acid groups (broad SMARTS) is 1. The zero-order valence-corrected chi connectivity index (χ0v) is 15.7. The SMILES string of the molecule is CC(C)(C)OC(=O)NC(C(=O)O)[C@H](CO[C@H]1C=CC=CO1)OS(C)(=O)=O. The van der Waals surface area contributed by atoms with Crippen LogP contribution in [0.25, 0.3) is 0 Å². The minimum Gasteiger partial charge on any atom is -0.480 e. The van der Waals surface area contributed by atoms with Gasteiger partial charge in [0.1, 0.15) is 11.7 Å². The van der Waals surface area contributed by atoms with E-state index >= 15 is 0 Å². The first-order valence-corrected chi connectivity index (χ1v) is 9.40. The molecule has 2 N–H and O–H groups in total. The molecule has 1 heterocycles. The largest absolute Gasteiger partial charge is 0.480 e. The lowest BCUT2D eigenvalue weighted by molar-refractivity contribution is -0.146. The summed E-state index contributed by atoms with van der Waals surface area (Å²) in [6, 6.07) is -1.73. The summed E-state index contributed by atoms with van der Waals surface area (Å²) >= 11 is 0. The number of carbonyl (C=O) groups is 2. The van der Waals surface area contributed by atoms with Crippen molar-refractivity contribution in [3.05, 3.63) is 24.5 Å². The average molecular weight is 393 g/mol. The molecule has 11 heteroatoms. The van der Waals surface area contributed by atoms with Crippen LogP contribution in [0.5, 0.6) is 0 Å². The Morgan fingerprint density at radius 2 is 1.96 bits per heavy atom. The van der Waals surface area contributed by atoms with E-state index in [0.29, 0.717) is 0 Å². The molecular formula is C15H23NO9S. The lowest BCUT2D eigenvalue weighted by Crippen LogP contribution is -2.53. The number of carboxylic acids is 1. The van der Waals surface area contributed by atoms with Gasteiger partial charge in [0, 0.05) is 0 Å². The summed E-state index contributed by atoms with van der Waals surface area (Å²) in [5.41, 5.74) is -0.871. The monoisotopic (exact) mass is 393 g/mol. The number of hydrogen-bond donors (Lipinski definition) is 2. The van der Waals surface area contributed by atoms with E-state index in [9.17, 15) is 23.1 Å². The van der Waals surface area contributed by atoms with Crippen molar-refractivity contribution in [3.63, 3.8) is 0 Å². The minimum atomic E-state index is -4.03. The van der Waals surface area contributed by atoms with E-state index < -0.39 is 52.8 Å². The molecule has 0 spiro atoms. The fraction of sp³-hybridized carbons (Fsp3) is 0.600. The Balaban J connectivity index is 2.87. The Bertz CT molecular complexity index is 663. The van der Waals surface area contributed by atoms with Crippen LogP contribution in [0.2, 0.25) is 0 Å². The van der Waals surface area contributed by atoms with Crippen LogP contribution in [0.15, 0.2) is 24.5 Å². The Labute approximate surface area is 151 Å². The van der Waals surface area contributed by atoms with Gasteiger partial charge >= 0.3 is 12.1 Å². The van der Waals surface area contributed by atoms with Crippen LogP contribution in [0.4, 0.5) is 4.79 Å². The first kappa shape index (κ1) is 21.9. The third kappa shape index (κ3) is 8.83. The molecule has 1 unspecified atom stereocenters. The Morgan fingerprint density at radius 3 is 2.42 bits per heavy atom. The molecule has 1 aliphatic heterocycles. The van der Waals surface area contributed by atoms with E-state index in [4.69, 9.17) is 18.4 Å². The third-order valence-electron chi connectivity index (χ3n) is 2.70. The van der Waals surface area contributed by atoms with E-state index in [0.717, 1.165) is 6.26 Å². The first-order chi connectivity index (χ1) is 11.9. The molecule has 1 amide bonds. The normalized spacial score (nSPS) is 19.3. The molecule has 0 bridgehead atoms. The zero-order chi connectivity index (χ0) is 20.0. The summed E-state index contributed by atoms with van der Waals surface area (Å²) < 4.78 is 43.1. The quantitative estimate of drug-likeness (QED) is 0.572. The second kappa shape index (κ2) is 9.01. The van der Waals surface area contributed by atoms with Gasteiger partial charge in [-0.2, -0.15) is 8.42 Å². The van der Waals surface area contributed by atoms with Crippen LogP contribution in [0.3, 0.4) is 0 Å². The lowest BCUT2D eigenvalue weighted by Gasteiger charge is -2.27. The molecule has 0 fully saturated rings. The van der Waals surface area contributed by atoms with Crippen molar-refractivity contribution in [3.8, 4) is 0 Å². The number of aliphatic carboxylic acids is 1. The summed E-state index contributed by atoms with van der Waals surface area (Å²) in [7, 11) is -4.03. The number of hydrogen-bond acceptors (Lipinski definition) is 8. The number of carbonyl (C=O) groups excluding carboxylic acids is 1. The van der Waals surface area contributed by atoms with Crippen LogP contribution in [0, 0.1) is 0 Å². The number of allylic oxidation sites excluding steroid dienone is 2. The van der Waals surface area contributed by atoms with Gasteiger partial charge in [-0.1, -0.05) is 6.08 Å². The van der Waals surface area contributed by atoms with Crippen molar-refractivity contribution in [1.29, 1.82) is 0 Å². The van der Waals surface area contributed by atoms with Gasteiger partial charge in [-0.3, -0.25) is 4.18 Å². The number of alkyl carbamates (subject to hydrolysis) is 1. The summed E-state index contributed by atoms with van der Waals surface area (Å²) in [4.78, 5) is 23.4. The summed E-state index contributed by atoms with van der Waals surface area (Å²) in [6.07, 6.45) is 3.44. The second-order valence-corrected chi connectivity index (χ2v) is 7.95. The standard InChI is InChI=1S/C15H23NO9S/c1-15(2,3)24-14(19)16-12(13(17)18)10(25-26(4,20)21)9-23-11-7-5-6-8-22-11/h5-8,10-12H,9H2,1-4H3,(H,16,19)(H,17,18)/t10-,11-,12?/m0/s1. The predicted octanol–water partition coefficient (Wildman–Crippen LogP) is 0.752. The Kier molecular flexibility index (Phi) is 7.60. The molecule has 0 aromatic heterocycles. The topological polar surface area (TPSA) is 137 Å². The lowest BCUT2D eigenvalue weighted by atomic mass is 10.1. The molecule has 148 valence electrons. The number of amides is 1. The van der Waals surface area contributed by atoms with E-state index in [1.165, 1.54) is 12.3 Å². The van der Waals surface area contributed by atoms with Gasteiger partial charge in [-0.15, -0.1) is 0 Å². The molecule has 1 aliphatic rings. The Hall–Kier alpha value is -2.11. The average Bonchev–Trinajstić information content (AvgIpc) is 2.47. The van der Waals surface area contributed by atoms with E-state index in [1.807, 2.05) is 0 Å². The third-order valence-corrected chi connectivity index (χ3v) is 3.30. The maximum atomic E-state index is 11.9. The molecule has 26 heavy (non-hydrogen) atoms. The fourth-order valence-electron chi connectivity index (χ4n) is 1.81.